The SMILES string of the molecule is CCCC1=C(C(=O)OCC)[C@@H](c2ccc(C(C)C)cc2)n2c(s/c(=C\c3cc(Br)c(OC(C)=O)c(OCC)c3)c2=O)=N1. The average molecular weight is 656 g/mol. The lowest BCUT2D eigenvalue weighted by molar-refractivity contribution is -0.139. The number of fused-ring (bicyclic) bond motifs is 1. The van der Waals surface area contributed by atoms with Crippen LogP contribution >= 0.6 is 27.3 Å². The van der Waals surface area contributed by atoms with E-state index < -0.39 is 18.0 Å². The molecule has 0 radical (unpaired) electrons. The second-order valence-electron chi connectivity index (χ2n) is 10.1. The Labute approximate surface area is 257 Å². The molecule has 3 aromatic rings. The normalized spacial score (nSPS) is 15.0. The molecule has 1 aliphatic heterocycles. The fourth-order valence-electron chi connectivity index (χ4n) is 4.83. The molecular formula is C32H35BrN2O6S. The Hall–Kier alpha value is -3.50. The highest BCUT2D eigenvalue weighted by atomic mass is 79.9. The molecule has 0 bridgehead atoms. The van der Waals surface area contributed by atoms with E-state index in [1.165, 1.54) is 18.3 Å². The standard InChI is InChI=1S/C32H35BrN2O6S/c1-7-10-24-27(31(38)40-9-3)28(22-13-11-21(12-14-22)18(4)5)35-30(37)26(42-32(35)34-24)17-20-15-23(33)29(41-19(6)36)25(16-20)39-8-2/h11-18,28H,7-10H2,1-6H3/b26-17-/t28-/m1/s1. The Morgan fingerprint density at radius 2 is 1.83 bits per heavy atom. The molecular weight excluding hydrogens is 620 g/mol. The number of ether oxygens (including phenoxy) is 3. The van der Waals surface area contributed by atoms with E-state index in [2.05, 4.69) is 29.8 Å². The molecule has 4 rings (SSSR count). The van der Waals surface area contributed by atoms with Gasteiger partial charge < -0.3 is 14.2 Å². The number of benzene rings is 2. The molecule has 1 aromatic heterocycles. The number of aromatic nitrogens is 1. The molecule has 42 heavy (non-hydrogen) atoms. The zero-order valence-corrected chi connectivity index (χ0v) is 27.1. The van der Waals surface area contributed by atoms with Gasteiger partial charge in [-0.05, 0) is 77.0 Å². The summed E-state index contributed by atoms with van der Waals surface area (Å²) >= 11 is 4.73. The number of thiazole rings is 1. The van der Waals surface area contributed by atoms with Crippen LogP contribution in [-0.4, -0.2) is 29.7 Å². The summed E-state index contributed by atoms with van der Waals surface area (Å²) in [4.78, 5) is 44.4. The quantitative estimate of drug-likeness (QED) is 0.203. The molecule has 8 nitrogen and oxygen atoms in total. The van der Waals surface area contributed by atoms with Crippen LogP contribution in [0.25, 0.3) is 6.08 Å². The van der Waals surface area contributed by atoms with Crippen molar-refractivity contribution >= 4 is 45.3 Å². The van der Waals surface area contributed by atoms with Gasteiger partial charge >= 0.3 is 11.9 Å². The smallest absolute Gasteiger partial charge is 0.338 e. The zero-order valence-electron chi connectivity index (χ0n) is 24.7. The molecule has 0 amide bonds. The lowest BCUT2D eigenvalue weighted by atomic mass is 9.92. The van der Waals surface area contributed by atoms with Crippen molar-refractivity contribution in [2.75, 3.05) is 13.2 Å². The van der Waals surface area contributed by atoms with Crippen LogP contribution in [0.3, 0.4) is 0 Å². The summed E-state index contributed by atoms with van der Waals surface area (Å²) in [6.45, 7) is 11.8. The number of hydrogen-bond acceptors (Lipinski definition) is 8. The van der Waals surface area contributed by atoms with Gasteiger partial charge in [0.2, 0.25) is 0 Å². The van der Waals surface area contributed by atoms with E-state index >= 15 is 0 Å². The van der Waals surface area contributed by atoms with Gasteiger partial charge in [-0.25, -0.2) is 9.79 Å². The van der Waals surface area contributed by atoms with Gasteiger partial charge in [0.1, 0.15) is 0 Å². The fourth-order valence-corrected chi connectivity index (χ4v) is 6.39. The van der Waals surface area contributed by atoms with Gasteiger partial charge in [-0.1, -0.05) is 62.8 Å². The summed E-state index contributed by atoms with van der Waals surface area (Å²) < 4.78 is 19.1. The van der Waals surface area contributed by atoms with Crippen molar-refractivity contribution in [2.45, 2.75) is 66.3 Å². The molecule has 1 aliphatic rings. The lowest BCUT2D eigenvalue weighted by Gasteiger charge is -2.26. The highest BCUT2D eigenvalue weighted by Gasteiger charge is 2.34. The maximum absolute atomic E-state index is 14.1. The van der Waals surface area contributed by atoms with Gasteiger partial charge in [0.05, 0.1) is 39.5 Å². The third kappa shape index (κ3) is 6.60. The second kappa shape index (κ2) is 13.6. The molecule has 0 aliphatic carbocycles. The lowest BCUT2D eigenvalue weighted by Crippen LogP contribution is -2.40. The van der Waals surface area contributed by atoms with E-state index in [1.807, 2.05) is 38.1 Å². The summed E-state index contributed by atoms with van der Waals surface area (Å²) in [5.74, 6) is 0.0442. The number of rotatable bonds is 10. The van der Waals surface area contributed by atoms with E-state index in [1.54, 1.807) is 29.7 Å². The molecule has 0 unspecified atom stereocenters. The summed E-state index contributed by atoms with van der Waals surface area (Å²) in [5.41, 5.74) is 3.39. The summed E-state index contributed by atoms with van der Waals surface area (Å²) in [6.07, 6.45) is 3.10. The summed E-state index contributed by atoms with van der Waals surface area (Å²) in [5, 5.41) is 0. The Bertz CT molecular complexity index is 1700. The van der Waals surface area contributed by atoms with Gasteiger partial charge in [-0.15, -0.1) is 0 Å². The van der Waals surface area contributed by atoms with E-state index in [0.29, 0.717) is 55.3 Å². The second-order valence-corrected chi connectivity index (χ2v) is 12.0. The predicted molar refractivity (Wildman–Crippen MR) is 167 cm³/mol. The summed E-state index contributed by atoms with van der Waals surface area (Å²) in [7, 11) is 0. The topological polar surface area (TPSA) is 96.2 Å². The van der Waals surface area contributed by atoms with Gasteiger partial charge in [-0.3, -0.25) is 14.2 Å². The number of carbonyl (C=O) groups is 2. The van der Waals surface area contributed by atoms with Crippen LogP contribution in [-0.2, 0) is 14.3 Å². The molecule has 0 saturated heterocycles. The van der Waals surface area contributed by atoms with Crippen LogP contribution in [0.4, 0.5) is 0 Å². The van der Waals surface area contributed by atoms with Crippen molar-refractivity contribution in [3.8, 4) is 11.5 Å². The highest BCUT2D eigenvalue weighted by molar-refractivity contribution is 9.10. The molecule has 0 saturated carbocycles. The first-order valence-corrected chi connectivity index (χ1v) is 15.7. The zero-order chi connectivity index (χ0) is 30.6. The number of allylic oxidation sites excluding steroid dienone is 1. The largest absolute Gasteiger partial charge is 0.490 e. The first kappa shape index (κ1) is 31.4. The van der Waals surface area contributed by atoms with E-state index in [4.69, 9.17) is 19.2 Å². The summed E-state index contributed by atoms with van der Waals surface area (Å²) in [6, 6.07) is 10.8. The number of halogens is 1. The Morgan fingerprint density at radius 1 is 1.12 bits per heavy atom. The molecule has 0 fully saturated rings. The van der Waals surface area contributed by atoms with Crippen molar-refractivity contribution in [1.29, 1.82) is 0 Å². The first-order chi connectivity index (χ1) is 20.1. The molecule has 2 aromatic carbocycles. The minimum atomic E-state index is -0.678. The van der Waals surface area contributed by atoms with Crippen LogP contribution < -0.4 is 24.4 Å². The van der Waals surface area contributed by atoms with E-state index in [-0.39, 0.29) is 17.9 Å². The third-order valence-corrected chi connectivity index (χ3v) is 8.26. The van der Waals surface area contributed by atoms with Crippen LogP contribution in [0.1, 0.15) is 83.0 Å². The number of hydrogen-bond donors (Lipinski definition) is 0. The fraction of sp³-hybridized carbons (Fsp3) is 0.375. The van der Waals surface area contributed by atoms with Gasteiger partial charge in [-0.2, -0.15) is 0 Å². The van der Waals surface area contributed by atoms with Crippen LogP contribution in [0.5, 0.6) is 11.5 Å². The Kier molecular flexibility index (Phi) is 10.2. The molecule has 2 heterocycles. The molecule has 0 spiro atoms. The van der Waals surface area contributed by atoms with Crippen LogP contribution in [0.2, 0.25) is 0 Å². The van der Waals surface area contributed by atoms with Gasteiger partial charge in [0.25, 0.3) is 5.56 Å². The molecule has 0 N–H and O–H groups in total. The van der Waals surface area contributed by atoms with Gasteiger partial charge in [0.15, 0.2) is 16.3 Å². The molecule has 1 atom stereocenters. The van der Waals surface area contributed by atoms with Crippen molar-refractivity contribution in [1.82, 2.24) is 4.57 Å². The number of esters is 2. The van der Waals surface area contributed by atoms with Crippen LogP contribution in [0, 0.1) is 0 Å². The van der Waals surface area contributed by atoms with Gasteiger partial charge in [0, 0.05) is 6.92 Å². The highest BCUT2D eigenvalue weighted by Crippen LogP contribution is 2.37. The average Bonchev–Trinajstić information content (AvgIpc) is 3.24. The predicted octanol–water partition coefficient (Wildman–Crippen LogP) is 5.79. The Balaban J connectivity index is 1.95. The van der Waals surface area contributed by atoms with Crippen molar-refractivity contribution in [3.63, 3.8) is 0 Å². The van der Waals surface area contributed by atoms with E-state index in [0.717, 1.165) is 17.5 Å². The maximum atomic E-state index is 14.1. The molecule has 222 valence electrons. The third-order valence-electron chi connectivity index (χ3n) is 6.69. The first-order valence-electron chi connectivity index (χ1n) is 14.1. The minimum absolute atomic E-state index is 0.214. The van der Waals surface area contributed by atoms with Crippen molar-refractivity contribution < 1.29 is 23.8 Å². The van der Waals surface area contributed by atoms with Crippen molar-refractivity contribution in [3.05, 3.63) is 88.5 Å². The maximum Gasteiger partial charge on any atom is 0.338 e. The number of nitrogens with zero attached hydrogens (tertiary/aromatic N) is 2. The Morgan fingerprint density at radius 3 is 2.43 bits per heavy atom. The monoisotopic (exact) mass is 654 g/mol. The van der Waals surface area contributed by atoms with Crippen LogP contribution in [0.15, 0.2) is 61.9 Å². The molecule has 10 heteroatoms. The minimum Gasteiger partial charge on any atom is -0.490 e. The number of carbonyl (C=O) groups excluding carboxylic acids is 2. The van der Waals surface area contributed by atoms with E-state index in [9.17, 15) is 14.4 Å². The van der Waals surface area contributed by atoms with Crippen molar-refractivity contribution in [2.24, 2.45) is 4.99 Å².